The topological polar surface area (TPSA) is 60.2 Å². The highest BCUT2D eigenvalue weighted by Gasteiger charge is 2.45. The number of rotatable bonds is 5. The van der Waals surface area contributed by atoms with Crippen molar-refractivity contribution in [3.8, 4) is 0 Å². The van der Waals surface area contributed by atoms with E-state index in [1.807, 2.05) is 0 Å². The van der Waals surface area contributed by atoms with Gasteiger partial charge in [0.15, 0.2) is 5.82 Å². The minimum atomic E-state index is 0.123. The highest BCUT2D eigenvalue weighted by atomic mass is 16.5. The number of hydrogen-bond donors (Lipinski definition) is 1. The molecule has 0 bridgehead atoms. The Bertz CT molecular complexity index is 433. The molecule has 2 aliphatic rings. The van der Waals surface area contributed by atoms with Crippen molar-refractivity contribution in [1.82, 2.24) is 15.5 Å². The molecule has 1 unspecified atom stereocenters. The molecule has 3 rings (SSSR count). The Labute approximate surface area is 120 Å². The summed E-state index contributed by atoms with van der Waals surface area (Å²) in [7, 11) is 0. The largest absolute Gasteiger partial charge is 0.373 e. The van der Waals surface area contributed by atoms with Crippen molar-refractivity contribution in [2.75, 3.05) is 13.2 Å². The molecule has 1 aromatic rings. The lowest BCUT2D eigenvalue weighted by molar-refractivity contribution is -0.00448. The van der Waals surface area contributed by atoms with Gasteiger partial charge in [0.05, 0.1) is 5.60 Å². The Hall–Kier alpha value is -0.940. The Morgan fingerprint density at radius 3 is 2.85 bits per heavy atom. The van der Waals surface area contributed by atoms with Gasteiger partial charge in [-0.25, -0.2) is 0 Å². The second-order valence-electron chi connectivity index (χ2n) is 6.37. The molecule has 1 aromatic heterocycles. The minimum Gasteiger partial charge on any atom is -0.373 e. The maximum absolute atomic E-state index is 6.04. The van der Waals surface area contributed by atoms with E-state index in [-0.39, 0.29) is 5.60 Å². The Balaban J connectivity index is 1.49. The van der Waals surface area contributed by atoms with Crippen LogP contribution in [0.1, 0.15) is 63.6 Å². The van der Waals surface area contributed by atoms with Crippen molar-refractivity contribution >= 4 is 0 Å². The fourth-order valence-electron chi connectivity index (χ4n) is 3.46. The maximum atomic E-state index is 6.04. The van der Waals surface area contributed by atoms with Gasteiger partial charge in [-0.05, 0) is 19.3 Å². The van der Waals surface area contributed by atoms with E-state index < -0.39 is 0 Å². The molecule has 1 aliphatic carbocycles. The van der Waals surface area contributed by atoms with Gasteiger partial charge in [0.2, 0.25) is 5.89 Å². The summed E-state index contributed by atoms with van der Waals surface area (Å²) in [4.78, 5) is 4.41. The van der Waals surface area contributed by atoms with Gasteiger partial charge in [0, 0.05) is 31.5 Å². The van der Waals surface area contributed by atoms with E-state index in [0.29, 0.717) is 12.0 Å². The van der Waals surface area contributed by atoms with Gasteiger partial charge in [-0.15, -0.1) is 0 Å². The second-order valence-corrected chi connectivity index (χ2v) is 6.37. The molecule has 5 heteroatoms. The van der Waals surface area contributed by atoms with Crippen LogP contribution >= 0.6 is 0 Å². The van der Waals surface area contributed by atoms with Crippen LogP contribution in [0.5, 0.6) is 0 Å². The van der Waals surface area contributed by atoms with Crippen LogP contribution < -0.4 is 5.32 Å². The van der Waals surface area contributed by atoms with Crippen LogP contribution in [0.25, 0.3) is 0 Å². The fourth-order valence-corrected chi connectivity index (χ4v) is 3.46. The van der Waals surface area contributed by atoms with E-state index in [4.69, 9.17) is 9.26 Å². The number of ether oxygens (including phenoxy) is 1. The Kier molecular flexibility index (Phi) is 4.08. The predicted octanol–water partition coefficient (Wildman–Crippen LogP) is 2.43. The Morgan fingerprint density at radius 2 is 2.15 bits per heavy atom. The first-order valence-electron chi connectivity index (χ1n) is 7.89. The van der Waals surface area contributed by atoms with Crippen molar-refractivity contribution in [1.29, 1.82) is 0 Å². The molecule has 5 nitrogen and oxygen atoms in total. The average molecular weight is 279 g/mol. The van der Waals surface area contributed by atoms with Gasteiger partial charge < -0.3 is 14.6 Å². The first kappa shape index (κ1) is 14.0. The SMILES string of the molecule is CC(C)c1noc(CCNC2CCOC23CCCC3)n1. The summed E-state index contributed by atoms with van der Waals surface area (Å²) < 4.78 is 11.3. The number of aromatic nitrogens is 2. The molecule has 1 saturated carbocycles. The average Bonchev–Trinajstić information content (AvgIpc) is 3.14. The van der Waals surface area contributed by atoms with E-state index in [1.165, 1.54) is 25.7 Å². The van der Waals surface area contributed by atoms with Crippen LogP contribution in [0.15, 0.2) is 4.52 Å². The van der Waals surface area contributed by atoms with E-state index >= 15 is 0 Å². The summed E-state index contributed by atoms with van der Waals surface area (Å²) in [6.07, 6.45) is 6.96. The van der Waals surface area contributed by atoms with Gasteiger partial charge >= 0.3 is 0 Å². The maximum Gasteiger partial charge on any atom is 0.227 e. The molecule has 0 aromatic carbocycles. The molecular weight excluding hydrogens is 254 g/mol. The molecular formula is C15H25N3O2. The highest BCUT2D eigenvalue weighted by molar-refractivity contribution is 5.01. The molecule has 0 radical (unpaired) electrons. The molecule has 2 heterocycles. The van der Waals surface area contributed by atoms with Crippen molar-refractivity contribution < 1.29 is 9.26 Å². The second kappa shape index (κ2) is 5.82. The third-order valence-corrected chi connectivity index (χ3v) is 4.61. The van der Waals surface area contributed by atoms with Gasteiger partial charge in [-0.3, -0.25) is 0 Å². The monoisotopic (exact) mass is 279 g/mol. The smallest absolute Gasteiger partial charge is 0.227 e. The summed E-state index contributed by atoms with van der Waals surface area (Å²) >= 11 is 0. The fraction of sp³-hybridized carbons (Fsp3) is 0.867. The van der Waals surface area contributed by atoms with Gasteiger partial charge in [0.1, 0.15) is 0 Å². The van der Waals surface area contributed by atoms with Crippen molar-refractivity contribution in [3.63, 3.8) is 0 Å². The van der Waals surface area contributed by atoms with Crippen LogP contribution in [0.2, 0.25) is 0 Å². The van der Waals surface area contributed by atoms with Crippen LogP contribution in [0, 0.1) is 0 Å². The van der Waals surface area contributed by atoms with Crippen LogP contribution in [-0.2, 0) is 11.2 Å². The van der Waals surface area contributed by atoms with Crippen molar-refractivity contribution in [2.24, 2.45) is 0 Å². The summed E-state index contributed by atoms with van der Waals surface area (Å²) in [5.41, 5.74) is 0.123. The number of nitrogens with one attached hydrogen (secondary N) is 1. The van der Waals surface area contributed by atoms with Crippen molar-refractivity contribution in [3.05, 3.63) is 11.7 Å². The molecule has 1 saturated heterocycles. The summed E-state index contributed by atoms with van der Waals surface area (Å²) in [6, 6.07) is 0.498. The van der Waals surface area contributed by atoms with Gasteiger partial charge in [-0.1, -0.05) is 31.8 Å². The minimum absolute atomic E-state index is 0.123. The van der Waals surface area contributed by atoms with Crippen LogP contribution in [0.4, 0.5) is 0 Å². The number of nitrogens with zero attached hydrogens (tertiary/aromatic N) is 2. The standard InChI is InChI=1S/C15H25N3O2/c1-11(2)14-17-13(20-18-14)5-9-16-12-6-10-19-15(12)7-3-4-8-15/h11-12,16H,3-10H2,1-2H3. The van der Waals surface area contributed by atoms with E-state index in [9.17, 15) is 0 Å². The summed E-state index contributed by atoms with van der Waals surface area (Å²) in [6.45, 7) is 5.93. The lowest BCUT2D eigenvalue weighted by Gasteiger charge is -2.30. The first-order chi connectivity index (χ1) is 9.70. The lowest BCUT2D eigenvalue weighted by atomic mass is 9.92. The van der Waals surface area contributed by atoms with E-state index in [2.05, 4.69) is 29.3 Å². The molecule has 1 N–H and O–H groups in total. The quantitative estimate of drug-likeness (QED) is 0.897. The number of hydrogen-bond acceptors (Lipinski definition) is 5. The zero-order valence-corrected chi connectivity index (χ0v) is 12.5. The molecule has 112 valence electrons. The summed E-state index contributed by atoms with van der Waals surface area (Å²) in [5, 5.41) is 7.65. The molecule has 20 heavy (non-hydrogen) atoms. The highest BCUT2D eigenvalue weighted by Crippen LogP contribution is 2.40. The third kappa shape index (κ3) is 2.74. The molecule has 1 atom stereocenters. The third-order valence-electron chi connectivity index (χ3n) is 4.61. The molecule has 1 spiro atoms. The van der Waals surface area contributed by atoms with Gasteiger partial charge in [0.25, 0.3) is 0 Å². The lowest BCUT2D eigenvalue weighted by Crippen LogP contribution is -2.46. The van der Waals surface area contributed by atoms with E-state index in [0.717, 1.165) is 37.7 Å². The van der Waals surface area contributed by atoms with Crippen LogP contribution in [0.3, 0.4) is 0 Å². The van der Waals surface area contributed by atoms with Crippen LogP contribution in [-0.4, -0.2) is 34.9 Å². The predicted molar refractivity (Wildman–Crippen MR) is 75.6 cm³/mol. The first-order valence-corrected chi connectivity index (χ1v) is 7.89. The molecule has 2 fully saturated rings. The normalized spacial score (nSPS) is 25.1. The van der Waals surface area contributed by atoms with E-state index in [1.54, 1.807) is 0 Å². The van der Waals surface area contributed by atoms with Gasteiger partial charge in [-0.2, -0.15) is 4.98 Å². The molecule has 1 aliphatic heterocycles. The molecule has 0 amide bonds. The zero-order chi connectivity index (χ0) is 14.0. The Morgan fingerprint density at radius 1 is 1.35 bits per heavy atom. The zero-order valence-electron chi connectivity index (χ0n) is 12.5. The van der Waals surface area contributed by atoms with Crippen molar-refractivity contribution in [2.45, 2.75) is 69.9 Å². The summed E-state index contributed by atoms with van der Waals surface area (Å²) in [5.74, 6) is 1.86.